The van der Waals surface area contributed by atoms with Crippen LogP contribution in [0.4, 0.5) is 4.39 Å². The van der Waals surface area contributed by atoms with E-state index in [0.717, 1.165) is 32.1 Å². The van der Waals surface area contributed by atoms with Gasteiger partial charge in [0.15, 0.2) is 0 Å². The highest BCUT2D eigenvalue weighted by atomic mass is 19.1. The zero-order valence-electron chi connectivity index (χ0n) is 12.5. The number of nitrogens with one attached hydrogen (secondary N) is 1. The first-order chi connectivity index (χ1) is 10.2. The van der Waals surface area contributed by atoms with Crippen molar-refractivity contribution in [3.05, 3.63) is 35.6 Å². The Labute approximate surface area is 125 Å². The van der Waals surface area contributed by atoms with Gasteiger partial charge in [0.25, 0.3) is 0 Å². The molecule has 0 spiro atoms. The molecule has 1 aliphatic heterocycles. The molecule has 2 aliphatic rings. The third-order valence-electron chi connectivity index (χ3n) is 4.77. The Morgan fingerprint density at radius 1 is 1.24 bits per heavy atom. The van der Waals surface area contributed by atoms with Gasteiger partial charge in [-0.15, -0.1) is 0 Å². The number of rotatable bonds is 3. The van der Waals surface area contributed by atoms with Crippen molar-refractivity contribution in [1.82, 2.24) is 10.2 Å². The van der Waals surface area contributed by atoms with Crippen molar-refractivity contribution in [3.63, 3.8) is 0 Å². The number of hydrogen-bond donors (Lipinski definition) is 1. The number of halogens is 1. The maximum Gasteiger partial charge on any atom is 0.241 e. The van der Waals surface area contributed by atoms with Crippen molar-refractivity contribution in [2.24, 2.45) is 0 Å². The number of carbonyl (C=O) groups excluding carboxylic acids is 1. The van der Waals surface area contributed by atoms with E-state index in [-0.39, 0.29) is 30.0 Å². The van der Waals surface area contributed by atoms with Gasteiger partial charge < -0.3 is 4.90 Å². The topological polar surface area (TPSA) is 32.3 Å². The van der Waals surface area contributed by atoms with E-state index in [9.17, 15) is 9.18 Å². The fourth-order valence-electron chi connectivity index (χ4n) is 3.63. The van der Waals surface area contributed by atoms with Gasteiger partial charge >= 0.3 is 0 Å². The molecule has 0 bridgehead atoms. The second-order valence-corrected chi connectivity index (χ2v) is 6.09. The molecule has 0 radical (unpaired) electrons. The highest BCUT2D eigenvalue weighted by Crippen LogP contribution is 2.34. The molecule has 3 rings (SSSR count). The lowest BCUT2D eigenvalue weighted by atomic mass is 9.93. The van der Waals surface area contributed by atoms with Crippen LogP contribution in [0.2, 0.25) is 0 Å². The Bertz CT molecular complexity index is 513. The van der Waals surface area contributed by atoms with E-state index in [2.05, 4.69) is 5.32 Å². The molecule has 2 unspecified atom stereocenters. The fourth-order valence-corrected chi connectivity index (χ4v) is 3.63. The molecular formula is C17H23FN2O. The number of nitrogens with zero attached hydrogens (tertiary/aromatic N) is 1. The molecule has 1 aliphatic carbocycles. The van der Waals surface area contributed by atoms with Crippen LogP contribution in [0, 0.1) is 5.82 Å². The van der Waals surface area contributed by atoms with Crippen LogP contribution in [-0.2, 0) is 4.79 Å². The average molecular weight is 290 g/mol. The lowest BCUT2D eigenvalue weighted by Gasteiger charge is -2.35. The van der Waals surface area contributed by atoms with Gasteiger partial charge in [-0.1, -0.05) is 44.4 Å². The minimum Gasteiger partial charge on any atom is -0.318 e. The van der Waals surface area contributed by atoms with Gasteiger partial charge in [-0.3, -0.25) is 10.1 Å². The second-order valence-electron chi connectivity index (χ2n) is 6.09. The molecule has 1 saturated heterocycles. The zero-order valence-corrected chi connectivity index (χ0v) is 12.5. The van der Waals surface area contributed by atoms with Gasteiger partial charge in [0.1, 0.15) is 12.0 Å². The SMILES string of the molecule is CCC1NC(c2ccccc2F)N(C2CCCCC2)C1=O. The fraction of sp³-hybridized carbons (Fsp3) is 0.588. The lowest BCUT2D eigenvalue weighted by molar-refractivity contribution is -0.133. The largest absolute Gasteiger partial charge is 0.318 e. The summed E-state index contributed by atoms with van der Waals surface area (Å²) in [4.78, 5) is 14.6. The van der Waals surface area contributed by atoms with Crippen LogP contribution >= 0.6 is 0 Å². The van der Waals surface area contributed by atoms with E-state index in [0.29, 0.717) is 5.56 Å². The smallest absolute Gasteiger partial charge is 0.241 e. The summed E-state index contributed by atoms with van der Waals surface area (Å²) in [5.74, 6) is -0.0991. The minimum absolute atomic E-state index is 0.137. The summed E-state index contributed by atoms with van der Waals surface area (Å²) in [6, 6.07) is 6.85. The molecule has 0 aromatic heterocycles. The summed E-state index contributed by atoms with van der Waals surface area (Å²) in [5, 5.41) is 3.33. The third-order valence-corrected chi connectivity index (χ3v) is 4.77. The van der Waals surface area contributed by atoms with Crippen LogP contribution in [-0.4, -0.2) is 22.9 Å². The van der Waals surface area contributed by atoms with Crippen LogP contribution in [0.15, 0.2) is 24.3 Å². The van der Waals surface area contributed by atoms with E-state index < -0.39 is 0 Å². The lowest BCUT2D eigenvalue weighted by Crippen LogP contribution is -2.41. The van der Waals surface area contributed by atoms with Crippen LogP contribution < -0.4 is 5.32 Å². The van der Waals surface area contributed by atoms with Crippen molar-refractivity contribution in [3.8, 4) is 0 Å². The van der Waals surface area contributed by atoms with E-state index in [4.69, 9.17) is 0 Å². The molecule has 2 fully saturated rings. The highest BCUT2D eigenvalue weighted by molar-refractivity contribution is 5.84. The summed E-state index contributed by atoms with van der Waals surface area (Å²) >= 11 is 0. The molecule has 114 valence electrons. The van der Waals surface area contributed by atoms with E-state index in [1.807, 2.05) is 17.9 Å². The quantitative estimate of drug-likeness (QED) is 0.925. The summed E-state index contributed by atoms with van der Waals surface area (Å²) in [6.45, 7) is 2.00. The Morgan fingerprint density at radius 2 is 1.95 bits per heavy atom. The van der Waals surface area contributed by atoms with Crippen molar-refractivity contribution < 1.29 is 9.18 Å². The Hall–Kier alpha value is -1.42. The van der Waals surface area contributed by atoms with Crippen molar-refractivity contribution in [1.29, 1.82) is 0 Å². The second kappa shape index (κ2) is 6.14. The number of benzene rings is 1. The maximum atomic E-state index is 14.2. The molecular weight excluding hydrogens is 267 g/mol. The molecule has 1 amide bonds. The number of amides is 1. The monoisotopic (exact) mass is 290 g/mol. The van der Waals surface area contributed by atoms with E-state index in [1.54, 1.807) is 12.1 Å². The Morgan fingerprint density at radius 3 is 2.62 bits per heavy atom. The van der Waals surface area contributed by atoms with Gasteiger partial charge in [0.05, 0.1) is 6.04 Å². The van der Waals surface area contributed by atoms with Gasteiger partial charge in [-0.2, -0.15) is 0 Å². The molecule has 2 atom stereocenters. The molecule has 1 saturated carbocycles. The van der Waals surface area contributed by atoms with Crippen LogP contribution in [0.5, 0.6) is 0 Å². The first kappa shape index (κ1) is 14.5. The van der Waals surface area contributed by atoms with Gasteiger partial charge in [0, 0.05) is 11.6 Å². The molecule has 1 heterocycles. The standard InChI is InChI=1S/C17H23FN2O/c1-2-15-17(21)20(12-8-4-3-5-9-12)16(19-15)13-10-6-7-11-14(13)18/h6-7,10-12,15-16,19H,2-5,8-9H2,1H3. The van der Waals surface area contributed by atoms with Gasteiger partial charge in [0.2, 0.25) is 5.91 Å². The number of carbonyl (C=O) groups is 1. The minimum atomic E-state index is -0.313. The van der Waals surface area contributed by atoms with Crippen LogP contribution in [0.25, 0.3) is 0 Å². The van der Waals surface area contributed by atoms with Gasteiger partial charge in [-0.05, 0) is 25.3 Å². The zero-order chi connectivity index (χ0) is 14.8. The first-order valence-corrected chi connectivity index (χ1v) is 8.05. The predicted octanol–water partition coefficient (Wildman–Crippen LogP) is 3.37. The van der Waals surface area contributed by atoms with E-state index in [1.165, 1.54) is 12.5 Å². The predicted molar refractivity (Wildman–Crippen MR) is 80.1 cm³/mol. The first-order valence-electron chi connectivity index (χ1n) is 8.05. The molecule has 1 N–H and O–H groups in total. The van der Waals surface area contributed by atoms with Crippen molar-refractivity contribution in [2.45, 2.75) is 63.7 Å². The van der Waals surface area contributed by atoms with Gasteiger partial charge in [-0.25, -0.2) is 4.39 Å². The van der Waals surface area contributed by atoms with Crippen LogP contribution in [0.1, 0.15) is 57.2 Å². The Kier molecular flexibility index (Phi) is 4.24. The molecule has 3 nitrogen and oxygen atoms in total. The maximum absolute atomic E-state index is 14.2. The van der Waals surface area contributed by atoms with Crippen molar-refractivity contribution >= 4 is 5.91 Å². The molecule has 21 heavy (non-hydrogen) atoms. The summed E-state index contributed by atoms with van der Waals surface area (Å²) < 4.78 is 14.2. The Balaban J connectivity index is 1.92. The van der Waals surface area contributed by atoms with E-state index >= 15 is 0 Å². The van der Waals surface area contributed by atoms with Crippen molar-refractivity contribution in [2.75, 3.05) is 0 Å². The van der Waals surface area contributed by atoms with Crippen LogP contribution in [0.3, 0.4) is 0 Å². The third kappa shape index (κ3) is 2.69. The molecule has 4 heteroatoms. The summed E-state index contributed by atoms with van der Waals surface area (Å²) in [6.07, 6.45) is 6.07. The molecule has 1 aromatic rings. The normalized spacial score (nSPS) is 27.3. The molecule has 1 aromatic carbocycles. The highest BCUT2D eigenvalue weighted by Gasteiger charge is 2.43. The summed E-state index contributed by atoms with van der Waals surface area (Å²) in [7, 11) is 0. The number of hydrogen-bond acceptors (Lipinski definition) is 2. The average Bonchev–Trinajstić information content (AvgIpc) is 2.85. The summed E-state index contributed by atoms with van der Waals surface area (Å²) in [5.41, 5.74) is 0.590.